The standard InChI is InChI=1S/C12H14FNO3/c1-17-9-4-5-14(7-9)8-2-3-10(12(15)16)11(13)6-8/h2-3,6,9H,4-5,7H2,1H3,(H,15,16). The number of nitrogens with zero attached hydrogens (tertiary/aromatic N) is 1. The van der Waals surface area contributed by atoms with Gasteiger partial charge in [0.1, 0.15) is 5.82 Å². The Kier molecular flexibility index (Phi) is 3.28. The molecule has 0 saturated carbocycles. The average Bonchev–Trinajstić information content (AvgIpc) is 2.76. The van der Waals surface area contributed by atoms with Crippen LogP contribution in [0.3, 0.4) is 0 Å². The van der Waals surface area contributed by atoms with Gasteiger partial charge in [-0.25, -0.2) is 9.18 Å². The topological polar surface area (TPSA) is 49.8 Å². The molecule has 0 spiro atoms. The molecule has 1 aromatic rings. The van der Waals surface area contributed by atoms with Crippen molar-refractivity contribution in [2.75, 3.05) is 25.1 Å². The number of hydrogen-bond donors (Lipinski definition) is 1. The second-order valence-electron chi connectivity index (χ2n) is 4.06. The Morgan fingerprint density at radius 3 is 2.88 bits per heavy atom. The van der Waals surface area contributed by atoms with E-state index >= 15 is 0 Å². The summed E-state index contributed by atoms with van der Waals surface area (Å²) in [5.41, 5.74) is 0.406. The van der Waals surface area contributed by atoms with Gasteiger partial charge in [-0.3, -0.25) is 0 Å². The van der Waals surface area contributed by atoms with Crippen LogP contribution in [0.5, 0.6) is 0 Å². The fourth-order valence-electron chi connectivity index (χ4n) is 2.03. The molecule has 1 aromatic carbocycles. The highest BCUT2D eigenvalue weighted by Gasteiger charge is 2.23. The lowest BCUT2D eigenvalue weighted by Gasteiger charge is -2.18. The van der Waals surface area contributed by atoms with Crippen LogP contribution < -0.4 is 4.90 Å². The molecule has 0 amide bonds. The maximum absolute atomic E-state index is 13.5. The van der Waals surface area contributed by atoms with Gasteiger partial charge in [0.05, 0.1) is 11.7 Å². The zero-order valence-corrected chi connectivity index (χ0v) is 9.52. The van der Waals surface area contributed by atoms with Gasteiger partial charge in [-0.05, 0) is 24.6 Å². The molecule has 1 heterocycles. The molecule has 0 bridgehead atoms. The SMILES string of the molecule is COC1CCN(c2ccc(C(=O)O)c(F)c2)C1. The lowest BCUT2D eigenvalue weighted by molar-refractivity contribution is 0.0692. The van der Waals surface area contributed by atoms with Crippen molar-refractivity contribution in [3.05, 3.63) is 29.6 Å². The summed E-state index contributed by atoms with van der Waals surface area (Å²) in [5, 5.41) is 8.73. The fraction of sp³-hybridized carbons (Fsp3) is 0.417. The summed E-state index contributed by atoms with van der Waals surface area (Å²) in [5.74, 6) is -1.94. The Hall–Kier alpha value is -1.62. The van der Waals surface area contributed by atoms with Gasteiger partial charge in [-0.15, -0.1) is 0 Å². The predicted octanol–water partition coefficient (Wildman–Crippen LogP) is 1.75. The molecule has 1 fully saturated rings. The van der Waals surface area contributed by atoms with Gasteiger partial charge in [-0.1, -0.05) is 0 Å². The van der Waals surface area contributed by atoms with E-state index in [4.69, 9.17) is 9.84 Å². The molecule has 5 heteroatoms. The molecule has 92 valence electrons. The van der Waals surface area contributed by atoms with Crippen LogP contribution in [0.25, 0.3) is 0 Å². The van der Waals surface area contributed by atoms with Crippen LogP contribution in [0.2, 0.25) is 0 Å². The Morgan fingerprint density at radius 2 is 2.35 bits per heavy atom. The van der Waals surface area contributed by atoms with Crippen molar-refractivity contribution in [2.45, 2.75) is 12.5 Å². The lowest BCUT2D eigenvalue weighted by Crippen LogP contribution is -2.22. The van der Waals surface area contributed by atoms with E-state index in [2.05, 4.69) is 0 Å². The molecule has 0 aliphatic carbocycles. The first kappa shape index (κ1) is 11.9. The Morgan fingerprint density at radius 1 is 1.59 bits per heavy atom. The number of methoxy groups -OCH3 is 1. The van der Waals surface area contributed by atoms with E-state index in [1.165, 1.54) is 12.1 Å². The number of carbonyl (C=O) groups is 1. The zero-order chi connectivity index (χ0) is 12.4. The lowest BCUT2D eigenvalue weighted by atomic mass is 10.2. The van der Waals surface area contributed by atoms with E-state index in [-0.39, 0.29) is 11.7 Å². The van der Waals surface area contributed by atoms with Gasteiger partial charge in [-0.2, -0.15) is 0 Å². The van der Waals surface area contributed by atoms with Crippen LogP contribution in [-0.2, 0) is 4.74 Å². The number of hydrogen-bond acceptors (Lipinski definition) is 3. The van der Waals surface area contributed by atoms with Gasteiger partial charge in [0.25, 0.3) is 0 Å². The molecule has 1 aliphatic heterocycles. The highest BCUT2D eigenvalue weighted by Crippen LogP contribution is 2.23. The number of ether oxygens (including phenoxy) is 1. The van der Waals surface area contributed by atoms with Crippen molar-refractivity contribution >= 4 is 11.7 Å². The third-order valence-electron chi connectivity index (χ3n) is 3.03. The minimum absolute atomic E-state index is 0.164. The summed E-state index contributed by atoms with van der Waals surface area (Å²) >= 11 is 0. The fourth-order valence-corrected chi connectivity index (χ4v) is 2.03. The van der Waals surface area contributed by atoms with E-state index < -0.39 is 11.8 Å². The zero-order valence-electron chi connectivity index (χ0n) is 9.52. The van der Waals surface area contributed by atoms with Crippen LogP contribution in [0.15, 0.2) is 18.2 Å². The van der Waals surface area contributed by atoms with Gasteiger partial charge in [0.15, 0.2) is 0 Å². The molecule has 1 aliphatic rings. The van der Waals surface area contributed by atoms with Crippen molar-refractivity contribution in [2.24, 2.45) is 0 Å². The van der Waals surface area contributed by atoms with Crippen LogP contribution in [0.1, 0.15) is 16.8 Å². The molecule has 1 saturated heterocycles. The van der Waals surface area contributed by atoms with E-state index in [0.29, 0.717) is 12.2 Å². The van der Waals surface area contributed by atoms with Crippen molar-refractivity contribution in [1.29, 1.82) is 0 Å². The minimum Gasteiger partial charge on any atom is -0.478 e. The first-order valence-electron chi connectivity index (χ1n) is 5.42. The van der Waals surface area contributed by atoms with Crippen molar-refractivity contribution in [3.63, 3.8) is 0 Å². The molecule has 0 aromatic heterocycles. The molecule has 17 heavy (non-hydrogen) atoms. The highest BCUT2D eigenvalue weighted by molar-refractivity contribution is 5.88. The van der Waals surface area contributed by atoms with Crippen LogP contribution >= 0.6 is 0 Å². The Bertz CT molecular complexity index is 436. The molecule has 2 rings (SSSR count). The first-order valence-corrected chi connectivity index (χ1v) is 5.42. The first-order chi connectivity index (χ1) is 8.11. The number of benzene rings is 1. The molecule has 1 N–H and O–H groups in total. The highest BCUT2D eigenvalue weighted by atomic mass is 19.1. The largest absolute Gasteiger partial charge is 0.478 e. The van der Waals surface area contributed by atoms with Crippen LogP contribution in [0, 0.1) is 5.82 Å². The van der Waals surface area contributed by atoms with Crippen LogP contribution in [-0.4, -0.2) is 37.4 Å². The minimum atomic E-state index is -1.25. The maximum atomic E-state index is 13.5. The van der Waals surface area contributed by atoms with Crippen LogP contribution in [0.4, 0.5) is 10.1 Å². The molecule has 1 unspecified atom stereocenters. The van der Waals surface area contributed by atoms with Crippen molar-refractivity contribution < 1.29 is 19.0 Å². The number of anilines is 1. The molecule has 4 nitrogen and oxygen atoms in total. The van der Waals surface area contributed by atoms with Gasteiger partial charge in [0.2, 0.25) is 0 Å². The average molecular weight is 239 g/mol. The second kappa shape index (κ2) is 4.71. The summed E-state index contributed by atoms with van der Waals surface area (Å²) < 4.78 is 18.7. The molecular weight excluding hydrogens is 225 g/mol. The number of halogens is 1. The maximum Gasteiger partial charge on any atom is 0.338 e. The van der Waals surface area contributed by atoms with Gasteiger partial charge >= 0.3 is 5.97 Å². The molecular formula is C12H14FNO3. The summed E-state index contributed by atoms with van der Waals surface area (Å²) in [6, 6.07) is 4.19. The number of carboxylic acids is 1. The second-order valence-corrected chi connectivity index (χ2v) is 4.06. The number of rotatable bonds is 3. The van der Waals surface area contributed by atoms with Gasteiger partial charge < -0.3 is 14.7 Å². The van der Waals surface area contributed by atoms with E-state index in [0.717, 1.165) is 13.0 Å². The Balaban J connectivity index is 2.18. The summed E-state index contributed by atoms with van der Waals surface area (Å²) in [4.78, 5) is 12.7. The molecule has 1 atom stereocenters. The van der Waals surface area contributed by atoms with E-state index in [1.807, 2.05) is 4.90 Å². The number of aromatic carboxylic acids is 1. The monoisotopic (exact) mass is 239 g/mol. The van der Waals surface area contributed by atoms with Crippen molar-refractivity contribution in [1.82, 2.24) is 0 Å². The molecule has 0 radical (unpaired) electrons. The smallest absolute Gasteiger partial charge is 0.338 e. The summed E-state index contributed by atoms with van der Waals surface area (Å²) in [7, 11) is 1.66. The third kappa shape index (κ3) is 2.39. The van der Waals surface area contributed by atoms with E-state index in [9.17, 15) is 9.18 Å². The van der Waals surface area contributed by atoms with Gasteiger partial charge in [0, 0.05) is 25.9 Å². The quantitative estimate of drug-likeness (QED) is 0.873. The summed E-state index contributed by atoms with van der Waals surface area (Å²) in [6.45, 7) is 1.51. The van der Waals surface area contributed by atoms with Crippen molar-refractivity contribution in [3.8, 4) is 0 Å². The normalized spacial score (nSPS) is 19.6. The Labute approximate surface area is 98.6 Å². The summed E-state index contributed by atoms with van der Waals surface area (Å²) in [6.07, 6.45) is 1.07. The predicted molar refractivity (Wildman–Crippen MR) is 61.0 cm³/mol. The third-order valence-corrected chi connectivity index (χ3v) is 3.03. The number of carboxylic acid groups (broad SMARTS) is 1. The van der Waals surface area contributed by atoms with E-state index in [1.54, 1.807) is 13.2 Å².